The highest BCUT2D eigenvalue weighted by molar-refractivity contribution is 5.83. The van der Waals surface area contributed by atoms with Crippen molar-refractivity contribution in [3.8, 4) is 0 Å². The van der Waals surface area contributed by atoms with Gasteiger partial charge >= 0.3 is 6.03 Å². The van der Waals surface area contributed by atoms with Crippen LogP contribution in [-0.2, 0) is 6.42 Å². The average molecular weight is 287 g/mol. The van der Waals surface area contributed by atoms with Gasteiger partial charge in [0, 0.05) is 30.2 Å². The molecule has 1 fully saturated rings. The Kier molecular flexibility index (Phi) is 3.59. The van der Waals surface area contributed by atoms with Gasteiger partial charge in [0.25, 0.3) is 0 Å². The Labute approximate surface area is 124 Å². The number of likely N-dealkylation sites (tertiary alicyclic amines) is 1. The van der Waals surface area contributed by atoms with Gasteiger partial charge < -0.3 is 20.3 Å². The van der Waals surface area contributed by atoms with Crippen molar-refractivity contribution in [3.63, 3.8) is 0 Å². The summed E-state index contributed by atoms with van der Waals surface area (Å²) in [6, 6.07) is 8.06. The molecule has 21 heavy (non-hydrogen) atoms. The van der Waals surface area contributed by atoms with Crippen molar-refractivity contribution in [1.29, 1.82) is 0 Å². The van der Waals surface area contributed by atoms with Gasteiger partial charge in [0.15, 0.2) is 0 Å². The van der Waals surface area contributed by atoms with Crippen LogP contribution in [0.4, 0.5) is 4.79 Å². The van der Waals surface area contributed by atoms with E-state index in [-0.39, 0.29) is 6.03 Å². The highest BCUT2D eigenvalue weighted by Gasteiger charge is 2.33. The molecular weight excluding hydrogens is 266 g/mol. The van der Waals surface area contributed by atoms with E-state index in [1.54, 1.807) is 11.8 Å². The molecule has 5 heteroatoms. The summed E-state index contributed by atoms with van der Waals surface area (Å²) in [4.78, 5) is 16.9. The summed E-state index contributed by atoms with van der Waals surface area (Å²) in [5.74, 6) is 0. The monoisotopic (exact) mass is 287 g/mol. The Hall–Kier alpha value is -2.01. The Morgan fingerprint density at radius 2 is 2.29 bits per heavy atom. The summed E-state index contributed by atoms with van der Waals surface area (Å²) in [7, 11) is 0. The second-order valence-electron chi connectivity index (χ2n) is 6.01. The quantitative estimate of drug-likeness (QED) is 0.807. The molecule has 1 unspecified atom stereocenters. The van der Waals surface area contributed by atoms with Crippen LogP contribution in [0.2, 0.25) is 0 Å². The molecule has 0 radical (unpaired) electrons. The fourth-order valence-electron chi connectivity index (χ4n) is 2.87. The van der Waals surface area contributed by atoms with Crippen molar-refractivity contribution < 1.29 is 9.90 Å². The first-order valence-corrected chi connectivity index (χ1v) is 7.35. The molecule has 1 saturated heterocycles. The Bertz CT molecular complexity index is 648. The first-order valence-electron chi connectivity index (χ1n) is 7.35. The zero-order valence-corrected chi connectivity index (χ0v) is 12.2. The molecule has 1 aliphatic rings. The number of carbonyl (C=O) groups is 1. The van der Waals surface area contributed by atoms with Crippen LogP contribution in [0.3, 0.4) is 0 Å². The minimum Gasteiger partial charge on any atom is -0.388 e. The van der Waals surface area contributed by atoms with Crippen molar-refractivity contribution in [2.24, 2.45) is 0 Å². The Morgan fingerprint density at radius 1 is 1.48 bits per heavy atom. The number of nitrogens with one attached hydrogen (secondary N) is 2. The fourth-order valence-corrected chi connectivity index (χ4v) is 2.87. The third kappa shape index (κ3) is 3.03. The van der Waals surface area contributed by atoms with E-state index < -0.39 is 5.60 Å². The lowest BCUT2D eigenvalue weighted by Crippen LogP contribution is -2.41. The van der Waals surface area contributed by atoms with Gasteiger partial charge in [-0.25, -0.2) is 4.79 Å². The van der Waals surface area contributed by atoms with E-state index in [1.807, 2.05) is 24.4 Å². The molecule has 3 rings (SSSR count). The molecule has 1 aromatic carbocycles. The maximum absolute atomic E-state index is 12.0. The van der Waals surface area contributed by atoms with Gasteiger partial charge in [-0.05, 0) is 31.4 Å². The van der Waals surface area contributed by atoms with E-state index in [4.69, 9.17) is 0 Å². The molecule has 2 aromatic rings. The van der Waals surface area contributed by atoms with Crippen molar-refractivity contribution in [3.05, 3.63) is 36.0 Å². The largest absolute Gasteiger partial charge is 0.388 e. The number of carbonyl (C=O) groups excluding carboxylic acids is 1. The van der Waals surface area contributed by atoms with Gasteiger partial charge in [0.2, 0.25) is 0 Å². The highest BCUT2D eigenvalue weighted by Crippen LogP contribution is 2.20. The molecule has 112 valence electrons. The van der Waals surface area contributed by atoms with Crippen LogP contribution >= 0.6 is 0 Å². The normalized spacial score (nSPS) is 21.9. The molecular formula is C16H21N3O2. The van der Waals surface area contributed by atoms with Crippen molar-refractivity contribution >= 4 is 16.9 Å². The van der Waals surface area contributed by atoms with Crippen molar-refractivity contribution in [1.82, 2.24) is 15.2 Å². The van der Waals surface area contributed by atoms with Gasteiger partial charge in [-0.1, -0.05) is 18.2 Å². The first kappa shape index (κ1) is 13.9. The molecule has 0 saturated carbocycles. The molecule has 1 atom stereocenters. The summed E-state index contributed by atoms with van der Waals surface area (Å²) in [5.41, 5.74) is 1.59. The summed E-state index contributed by atoms with van der Waals surface area (Å²) in [5, 5.41) is 14.0. The van der Waals surface area contributed by atoms with Gasteiger partial charge in [-0.2, -0.15) is 0 Å². The number of aliphatic hydroxyl groups is 1. The lowest BCUT2D eigenvalue weighted by molar-refractivity contribution is 0.0719. The molecule has 0 bridgehead atoms. The minimum atomic E-state index is -0.742. The maximum atomic E-state index is 12.0. The van der Waals surface area contributed by atoms with E-state index in [9.17, 15) is 9.90 Å². The van der Waals surface area contributed by atoms with Crippen molar-refractivity contribution in [2.45, 2.75) is 25.4 Å². The number of aromatic amines is 1. The summed E-state index contributed by atoms with van der Waals surface area (Å²) in [6.07, 6.45) is 3.43. The highest BCUT2D eigenvalue weighted by atomic mass is 16.3. The predicted octanol–water partition coefficient (Wildman–Crippen LogP) is 1.88. The number of benzene rings is 1. The van der Waals surface area contributed by atoms with Gasteiger partial charge in [-0.15, -0.1) is 0 Å². The van der Waals surface area contributed by atoms with Crippen LogP contribution in [0.1, 0.15) is 18.9 Å². The number of hydrogen-bond acceptors (Lipinski definition) is 2. The van der Waals surface area contributed by atoms with Gasteiger partial charge in [-0.3, -0.25) is 0 Å². The van der Waals surface area contributed by atoms with Crippen LogP contribution in [-0.4, -0.2) is 46.3 Å². The van der Waals surface area contributed by atoms with Gasteiger partial charge in [0.1, 0.15) is 0 Å². The SMILES string of the molecule is CC1(O)CCN(C(=O)NCCc2c[nH]c3ccccc23)C1. The van der Waals surface area contributed by atoms with E-state index in [0.717, 1.165) is 11.9 Å². The smallest absolute Gasteiger partial charge is 0.317 e. The number of β-amino-alcohol motifs (C(OH)–C–C–N with tert-alkyl or cyclic N) is 1. The number of fused-ring (bicyclic) bond motifs is 1. The third-order valence-corrected chi connectivity index (χ3v) is 4.08. The number of urea groups is 1. The maximum Gasteiger partial charge on any atom is 0.317 e. The number of nitrogens with zero attached hydrogens (tertiary/aromatic N) is 1. The summed E-state index contributed by atoms with van der Waals surface area (Å²) >= 11 is 0. The molecule has 2 amide bonds. The zero-order valence-electron chi connectivity index (χ0n) is 12.2. The number of hydrogen-bond donors (Lipinski definition) is 3. The molecule has 1 aromatic heterocycles. The van der Waals surface area contributed by atoms with Crippen LogP contribution in [0.25, 0.3) is 10.9 Å². The molecule has 2 heterocycles. The van der Waals surface area contributed by atoms with E-state index in [0.29, 0.717) is 26.1 Å². The third-order valence-electron chi connectivity index (χ3n) is 4.08. The fraction of sp³-hybridized carbons (Fsp3) is 0.438. The summed E-state index contributed by atoms with van der Waals surface area (Å²) < 4.78 is 0. The van der Waals surface area contributed by atoms with Crippen LogP contribution in [0.15, 0.2) is 30.5 Å². The number of rotatable bonds is 3. The average Bonchev–Trinajstić information content (AvgIpc) is 3.03. The van der Waals surface area contributed by atoms with Gasteiger partial charge in [0.05, 0.1) is 12.1 Å². The second-order valence-corrected chi connectivity index (χ2v) is 6.01. The standard InChI is InChI=1S/C16H21N3O2/c1-16(21)7-9-19(11-16)15(20)17-8-6-12-10-18-14-5-3-2-4-13(12)14/h2-5,10,18,21H,6-9,11H2,1H3,(H,17,20). The summed E-state index contributed by atoms with van der Waals surface area (Å²) in [6.45, 7) is 3.39. The molecule has 5 nitrogen and oxygen atoms in total. The second kappa shape index (κ2) is 5.41. The number of H-pyrrole nitrogens is 1. The molecule has 0 aliphatic carbocycles. The topological polar surface area (TPSA) is 68.4 Å². The number of para-hydroxylation sites is 1. The lowest BCUT2D eigenvalue weighted by Gasteiger charge is -2.19. The predicted molar refractivity (Wildman–Crippen MR) is 82.2 cm³/mol. The van der Waals surface area contributed by atoms with Crippen LogP contribution < -0.4 is 5.32 Å². The molecule has 0 spiro atoms. The lowest BCUT2D eigenvalue weighted by atomic mass is 10.1. The molecule has 3 N–H and O–H groups in total. The molecule has 1 aliphatic heterocycles. The van der Waals surface area contributed by atoms with E-state index >= 15 is 0 Å². The minimum absolute atomic E-state index is 0.0902. The van der Waals surface area contributed by atoms with E-state index in [2.05, 4.69) is 16.4 Å². The Balaban J connectivity index is 1.53. The number of amides is 2. The number of aromatic nitrogens is 1. The van der Waals surface area contributed by atoms with Crippen molar-refractivity contribution in [2.75, 3.05) is 19.6 Å². The van der Waals surface area contributed by atoms with Crippen LogP contribution in [0.5, 0.6) is 0 Å². The first-order chi connectivity index (χ1) is 10.1. The van der Waals surface area contributed by atoms with Crippen LogP contribution in [0, 0.1) is 0 Å². The Morgan fingerprint density at radius 3 is 3.05 bits per heavy atom. The zero-order chi connectivity index (χ0) is 14.9. The van der Waals surface area contributed by atoms with E-state index in [1.165, 1.54) is 10.9 Å².